The number of piperidine rings is 1. The van der Waals surface area contributed by atoms with Gasteiger partial charge < -0.3 is 20.3 Å². The summed E-state index contributed by atoms with van der Waals surface area (Å²) in [5, 5.41) is 12.0. The molecule has 0 bridgehead atoms. The summed E-state index contributed by atoms with van der Waals surface area (Å²) in [5.41, 5.74) is 0.427. The monoisotopic (exact) mass is 521 g/mol. The van der Waals surface area contributed by atoms with Crippen molar-refractivity contribution in [2.45, 2.75) is 97.4 Å². The number of ether oxygens (including phenoxy) is 1. The Bertz CT molecular complexity index is 1020. The van der Waals surface area contributed by atoms with Crippen molar-refractivity contribution < 1.29 is 14.3 Å². The molecule has 8 nitrogen and oxygen atoms in total. The van der Waals surface area contributed by atoms with Crippen LogP contribution in [0.1, 0.15) is 83.2 Å². The van der Waals surface area contributed by atoms with Gasteiger partial charge in [0.15, 0.2) is 0 Å². The molecular formula is C25H39N5O3S2. The van der Waals surface area contributed by atoms with Crippen LogP contribution in [0.4, 0.5) is 4.79 Å². The highest BCUT2D eigenvalue weighted by Crippen LogP contribution is 2.32. The van der Waals surface area contributed by atoms with E-state index in [2.05, 4.69) is 48.3 Å². The third-order valence-corrected chi connectivity index (χ3v) is 7.31. The molecule has 35 heavy (non-hydrogen) atoms. The first-order chi connectivity index (χ1) is 16.1. The standard InChI is InChI=1S/C25H39N5O3S2/c1-16-27-19(15-34-16)21-28-18(14-35-21)20(31)26-10-9-11-30(22(32)33-23(2,3)4)17-12-24(5,6)29-25(7,8)13-17/h14-15,17,29H,9-13H2,1-8H3,(H,26,31). The van der Waals surface area contributed by atoms with Crippen LogP contribution in [0.15, 0.2) is 10.8 Å². The summed E-state index contributed by atoms with van der Waals surface area (Å²) >= 11 is 2.97. The molecule has 0 atom stereocenters. The number of aryl methyl sites for hydroxylation is 1. The highest BCUT2D eigenvalue weighted by Gasteiger charge is 2.42. The van der Waals surface area contributed by atoms with Gasteiger partial charge in [0.2, 0.25) is 0 Å². The number of carbonyl (C=O) groups excluding carboxylic acids is 2. The van der Waals surface area contributed by atoms with Crippen LogP contribution >= 0.6 is 22.7 Å². The molecule has 0 aliphatic carbocycles. The van der Waals surface area contributed by atoms with Crippen molar-refractivity contribution in [2.24, 2.45) is 0 Å². The van der Waals surface area contributed by atoms with Gasteiger partial charge in [-0.2, -0.15) is 0 Å². The van der Waals surface area contributed by atoms with Gasteiger partial charge in [-0.25, -0.2) is 14.8 Å². The lowest BCUT2D eigenvalue weighted by Crippen LogP contribution is -2.63. The molecule has 0 radical (unpaired) electrons. The van der Waals surface area contributed by atoms with Crippen LogP contribution in [0.3, 0.4) is 0 Å². The lowest BCUT2D eigenvalue weighted by atomic mass is 9.79. The molecule has 2 aromatic rings. The van der Waals surface area contributed by atoms with Crippen LogP contribution in [0.5, 0.6) is 0 Å². The summed E-state index contributed by atoms with van der Waals surface area (Å²) in [6.45, 7) is 17.2. The van der Waals surface area contributed by atoms with E-state index < -0.39 is 5.60 Å². The normalized spacial score (nSPS) is 17.7. The number of nitrogens with zero attached hydrogens (tertiary/aromatic N) is 3. The first-order valence-corrected chi connectivity index (χ1v) is 13.9. The van der Waals surface area contributed by atoms with E-state index in [1.54, 1.807) is 16.7 Å². The van der Waals surface area contributed by atoms with E-state index in [1.165, 1.54) is 11.3 Å². The Kier molecular flexibility index (Phi) is 8.28. The summed E-state index contributed by atoms with van der Waals surface area (Å²) in [6, 6.07) is 0.0504. The Morgan fingerprint density at radius 3 is 2.37 bits per heavy atom. The number of rotatable bonds is 7. The summed E-state index contributed by atoms with van der Waals surface area (Å²) in [6.07, 6.45) is 1.99. The van der Waals surface area contributed by atoms with Crippen LogP contribution in [0, 0.1) is 6.92 Å². The number of carbonyl (C=O) groups is 2. The van der Waals surface area contributed by atoms with E-state index in [0.29, 0.717) is 25.2 Å². The summed E-state index contributed by atoms with van der Waals surface area (Å²) in [4.78, 5) is 36.5. The number of nitrogens with one attached hydrogen (secondary N) is 2. The lowest BCUT2D eigenvalue weighted by molar-refractivity contribution is 0.0000180. The van der Waals surface area contributed by atoms with Crippen molar-refractivity contribution in [3.8, 4) is 10.7 Å². The van der Waals surface area contributed by atoms with Gasteiger partial charge in [-0.3, -0.25) is 4.79 Å². The Morgan fingerprint density at radius 1 is 1.14 bits per heavy atom. The minimum absolute atomic E-state index is 0.0504. The van der Waals surface area contributed by atoms with Crippen molar-refractivity contribution in [3.05, 3.63) is 21.5 Å². The molecule has 2 N–H and O–H groups in total. The first kappa shape index (κ1) is 27.5. The minimum Gasteiger partial charge on any atom is -0.444 e. The fourth-order valence-electron chi connectivity index (χ4n) is 4.73. The lowest BCUT2D eigenvalue weighted by Gasteiger charge is -2.49. The van der Waals surface area contributed by atoms with Crippen molar-refractivity contribution in [2.75, 3.05) is 13.1 Å². The van der Waals surface area contributed by atoms with E-state index in [9.17, 15) is 9.59 Å². The molecule has 0 spiro atoms. The molecule has 2 aromatic heterocycles. The number of hydrogen-bond donors (Lipinski definition) is 2. The maximum absolute atomic E-state index is 13.2. The fourth-order valence-corrected chi connectivity index (χ4v) is 6.16. The van der Waals surface area contributed by atoms with Gasteiger partial charge in [-0.05, 0) is 74.7 Å². The molecule has 2 amide bonds. The molecule has 194 valence electrons. The zero-order valence-corrected chi connectivity index (χ0v) is 23.8. The van der Waals surface area contributed by atoms with E-state index in [1.807, 2.05) is 38.0 Å². The molecule has 1 aliphatic heterocycles. The van der Waals surface area contributed by atoms with E-state index in [4.69, 9.17) is 4.74 Å². The van der Waals surface area contributed by atoms with Crippen LogP contribution in [0.25, 0.3) is 10.7 Å². The van der Waals surface area contributed by atoms with Gasteiger partial charge in [0, 0.05) is 41.0 Å². The second-order valence-corrected chi connectivity index (χ2v) is 13.4. The Labute approximate surface area is 216 Å². The van der Waals surface area contributed by atoms with Crippen LogP contribution < -0.4 is 10.6 Å². The number of aromatic nitrogens is 2. The van der Waals surface area contributed by atoms with Crippen molar-refractivity contribution in [1.29, 1.82) is 0 Å². The molecular weight excluding hydrogens is 482 g/mol. The maximum Gasteiger partial charge on any atom is 0.410 e. The van der Waals surface area contributed by atoms with Crippen molar-refractivity contribution in [1.82, 2.24) is 25.5 Å². The van der Waals surface area contributed by atoms with Gasteiger partial charge in [-0.1, -0.05) is 0 Å². The van der Waals surface area contributed by atoms with Gasteiger partial charge >= 0.3 is 6.09 Å². The maximum atomic E-state index is 13.2. The van der Waals surface area contributed by atoms with Crippen LogP contribution in [-0.4, -0.2) is 62.7 Å². The van der Waals surface area contributed by atoms with Crippen molar-refractivity contribution in [3.63, 3.8) is 0 Å². The second-order valence-electron chi connectivity index (χ2n) is 11.5. The number of thiazole rings is 2. The van der Waals surface area contributed by atoms with Crippen LogP contribution in [0.2, 0.25) is 0 Å². The third kappa shape index (κ3) is 7.98. The molecule has 0 saturated carbocycles. The van der Waals surface area contributed by atoms with E-state index in [0.717, 1.165) is 28.6 Å². The number of amides is 2. The Balaban J connectivity index is 1.60. The molecule has 0 unspecified atom stereocenters. The third-order valence-electron chi connectivity index (χ3n) is 5.67. The molecule has 0 aromatic carbocycles. The molecule has 1 fully saturated rings. The molecule has 3 rings (SSSR count). The van der Waals surface area contributed by atoms with Crippen LogP contribution in [-0.2, 0) is 4.74 Å². The predicted molar refractivity (Wildman–Crippen MR) is 142 cm³/mol. The SMILES string of the molecule is Cc1nc(-c2nc(C(=O)NCCCN(C(=O)OC(C)(C)C)C3CC(C)(C)NC(C)(C)C3)cs2)cs1. The van der Waals surface area contributed by atoms with Gasteiger partial charge in [-0.15, -0.1) is 22.7 Å². The average Bonchev–Trinajstić information content (AvgIpc) is 3.32. The highest BCUT2D eigenvalue weighted by molar-refractivity contribution is 7.14. The quantitative estimate of drug-likeness (QED) is 0.484. The molecule has 3 heterocycles. The number of hydrogen-bond acceptors (Lipinski definition) is 8. The molecule has 10 heteroatoms. The first-order valence-electron chi connectivity index (χ1n) is 12.1. The Morgan fingerprint density at radius 2 is 1.80 bits per heavy atom. The topological polar surface area (TPSA) is 96.5 Å². The van der Waals surface area contributed by atoms with Gasteiger partial charge in [0.25, 0.3) is 5.91 Å². The summed E-state index contributed by atoms with van der Waals surface area (Å²) < 4.78 is 5.75. The molecule has 1 aliphatic rings. The van der Waals surface area contributed by atoms with Crippen molar-refractivity contribution >= 4 is 34.7 Å². The highest BCUT2D eigenvalue weighted by atomic mass is 32.1. The molecule has 1 saturated heterocycles. The van der Waals surface area contributed by atoms with Gasteiger partial charge in [0.1, 0.15) is 22.0 Å². The zero-order chi connectivity index (χ0) is 26.0. The minimum atomic E-state index is -0.570. The predicted octanol–water partition coefficient (Wildman–Crippen LogP) is 5.24. The average molecular weight is 522 g/mol. The smallest absolute Gasteiger partial charge is 0.410 e. The van der Waals surface area contributed by atoms with Gasteiger partial charge in [0.05, 0.1) is 5.01 Å². The van der Waals surface area contributed by atoms with E-state index in [-0.39, 0.29) is 29.1 Å². The fraction of sp³-hybridized carbons (Fsp3) is 0.680. The van der Waals surface area contributed by atoms with E-state index >= 15 is 0 Å². The summed E-state index contributed by atoms with van der Waals surface area (Å²) in [5.74, 6) is -0.215. The largest absolute Gasteiger partial charge is 0.444 e. The zero-order valence-electron chi connectivity index (χ0n) is 22.2. The second kappa shape index (κ2) is 10.5. The Hall–Kier alpha value is -2.04. The summed E-state index contributed by atoms with van der Waals surface area (Å²) in [7, 11) is 0.